The zero-order valence-corrected chi connectivity index (χ0v) is 11.3. The normalized spacial score (nSPS) is 49.2. The van der Waals surface area contributed by atoms with E-state index in [1.807, 2.05) is 26.8 Å². The standard InChI is InChI=1S/C15H16O4/c1-7-5-14-8(2)10(16)11-15(14,18-11)6-9(7)13(3,4)19-12(14)17/h5,9,11H,2,6H2,1,3-4H3/t9-,11-,14-,15?/m1/s1. The van der Waals surface area contributed by atoms with E-state index in [9.17, 15) is 9.59 Å². The highest BCUT2D eigenvalue weighted by Gasteiger charge is 2.84. The number of Topliss-reactive ketones (excluding diaryl/α,β-unsaturated/α-hetero) is 1. The summed E-state index contributed by atoms with van der Waals surface area (Å²) in [7, 11) is 0. The lowest BCUT2D eigenvalue weighted by molar-refractivity contribution is -0.164. The minimum atomic E-state index is -1.08. The third-order valence-corrected chi connectivity index (χ3v) is 5.39. The molecule has 2 aliphatic carbocycles. The summed E-state index contributed by atoms with van der Waals surface area (Å²) in [5.41, 5.74) is -0.935. The molecule has 5 rings (SSSR count). The van der Waals surface area contributed by atoms with E-state index in [1.165, 1.54) is 0 Å². The van der Waals surface area contributed by atoms with Crippen LogP contribution in [0.2, 0.25) is 0 Å². The average Bonchev–Trinajstić information content (AvgIpc) is 3.01. The molecule has 0 aromatic carbocycles. The van der Waals surface area contributed by atoms with Gasteiger partial charge in [0.1, 0.15) is 16.6 Å². The van der Waals surface area contributed by atoms with Crippen LogP contribution < -0.4 is 0 Å². The predicted octanol–water partition coefficient (Wildman–Crippen LogP) is 1.55. The minimum Gasteiger partial charge on any atom is -0.458 e. The molecule has 4 nitrogen and oxygen atoms in total. The van der Waals surface area contributed by atoms with Gasteiger partial charge in [-0.1, -0.05) is 18.2 Å². The van der Waals surface area contributed by atoms with Gasteiger partial charge in [0, 0.05) is 11.5 Å². The molecule has 1 saturated carbocycles. The third-order valence-electron chi connectivity index (χ3n) is 5.39. The Labute approximate surface area is 111 Å². The number of carbonyl (C=O) groups is 2. The van der Waals surface area contributed by atoms with Crippen LogP contribution >= 0.6 is 0 Å². The van der Waals surface area contributed by atoms with Gasteiger partial charge in [0.15, 0.2) is 11.9 Å². The molecular weight excluding hydrogens is 244 g/mol. The van der Waals surface area contributed by atoms with Crippen LogP contribution in [0.3, 0.4) is 0 Å². The van der Waals surface area contributed by atoms with Crippen LogP contribution in [0.5, 0.6) is 0 Å². The highest BCUT2D eigenvalue weighted by molar-refractivity contribution is 6.14. The molecule has 4 heteroatoms. The molecule has 5 aliphatic rings. The number of fused-ring (bicyclic) bond motifs is 2. The van der Waals surface area contributed by atoms with Crippen molar-refractivity contribution in [2.45, 2.75) is 44.5 Å². The van der Waals surface area contributed by atoms with E-state index in [0.29, 0.717) is 12.0 Å². The second-order valence-electron chi connectivity index (χ2n) is 6.68. The number of carbonyl (C=O) groups excluding carboxylic acids is 2. The van der Waals surface area contributed by atoms with E-state index in [4.69, 9.17) is 9.47 Å². The van der Waals surface area contributed by atoms with E-state index in [2.05, 4.69) is 6.58 Å². The molecule has 0 N–H and O–H groups in total. The van der Waals surface area contributed by atoms with Gasteiger partial charge < -0.3 is 9.47 Å². The van der Waals surface area contributed by atoms with Crippen molar-refractivity contribution in [3.8, 4) is 0 Å². The van der Waals surface area contributed by atoms with Gasteiger partial charge in [-0.3, -0.25) is 9.59 Å². The van der Waals surface area contributed by atoms with Gasteiger partial charge in [-0.25, -0.2) is 0 Å². The van der Waals surface area contributed by atoms with E-state index in [1.54, 1.807) is 0 Å². The van der Waals surface area contributed by atoms with Crippen LogP contribution in [0.25, 0.3) is 0 Å². The third kappa shape index (κ3) is 0.929. The molecule has 100 valence electrons. The van der Waals surface area contributed by atoms with Crippen LogP contribution in [0, 0.1) is 11.3 Å². The quantitative estimate of drug-likeness (QED) is 0.287. The molecule has 1 unspecified atom stereocenters. The number of epoxide rings is 1. The maximum atomic E-state index is 12.7. The molecule has 2 bridgehead atoms. The Morgan fingerprint density at radius 1 is 1.37 bits per heavy atom. The monoisotopic (exact) mass is 260 g/mol. The summed E-state index contributed by atoms with van der Waals surface area (Å²) in [6.45, 7) is 9.70. The van der Waals surface area contributed by atoms with Crippen molar-refractivity contribution in [2.24, 2.45) is 11.3 Å². The summed E-state index contributed by atoms with van der Waals surface area (Å²) in [5.74, 6) is -0.424. The zero-order valence-electron chi connectivity index (χ0n) is 11.3. The van der Waals surface area contributed by atoms with E-state index in [0.717, 1.165) is 5.57 Å². The lowest BCUT2D eigenvalue weighted by Crippen LogP contribution is -2.44. The van der Waals surface area contributed by atoms with Crippen molar-refractivity contribution >= 4 is 11.8 Å². The van der Waals surface area contributed by atoms with E-state index in [-0.39, 0.29) is 17.7 Å². The summed E-state index contributed by atoms with van der Waals surface area (Å²) < 4.78 is 11.4. The van der Waals surface area contributed by atoms with Crippen LogP contribution in [-0.4, -0.2) is 29.1 Å². The van der Waals surface area contributed by atoms with Crippen molar-refractivity contribution in [1.82, 2.24) is 0 Å². The van der Waals surface area contributed by atoms with Crippen LogP contribution in [-0.2, 0) is 19.1 Å². The molecule has 0 amide bonds. The van der Waals surface area contributed by atoms with Crippen molar-refractivity contribution in [3.05, 3.63) is 23.8 Å². The fourth-order valence-electron chi connectivity index (χ4n) is 4.32. The van der Waals surface area contributed by atoms with Gasteiger partial charge in [0.25, 0.3) is 0 Å². The van der Waals surface area contributed by atoms with Gasteiger partial charge in [0.05, 0.1) is 0 Å². The Hall–Kier alpha value is -1.42. The molecule has 0 aromatic rings. The number of rotatable bonds is 0. The summed E-state index contributed by atoms with van der Waals surface area (Å²) in [4.78, 5) is 24.8. The molecule has 2 saturated heterocycles. The first-order valence-electron chi connectivity index (χ1n) is 6.60. The van der Waals surface area contributed by atoms with Crippen LogP contribution in [0.15, 0.2) is 23.8 Å². The Morgan fingerprint density at radius 2 is 2.05 bits per heavy atom. The summed E-state index contributed by atoms with van der Waals surface area (Å²) in [6.07, 6.45) is 2.04. The van der Waals surface area contributed by atoms with Gasteiger partial charge in [-0.15, -0.1) is 0 Å². The molecule has 19 heavy (non-hydrogen) atoms. The van der Waals surface area contributed by atoms with Gasteiger partial charge in [-0.2, -0.15) is 0 Å². The van der Waals surface area contributed by atoms with Crippen molar-refractivity contribution < 1.29 is 19.1 Å². The van der Waals surface area contributed by atoms with E-state index < -0.39 is 22.7 Å². The molecular formula is C15H16O4. The first kappa shape index (κ1) is 11.4. The average molecular weight is 260 g/mol. The zero-order chi connectivity index (χ0) is 13.8. The lowest BCUT2D eigenvalue weighted by Gasteiger charge is -2.36. The summed E-state index contributed by atoms with van der Waals surface area (Å²) in [5, 5.41) is 0. The number of ketones is 1. The number of hydrogen-bond donors (Lipinski definition) is 0. The Bertz CT molecular complexity index is 599. The summed E-state index contributed by atoms with van der Waals surface area (Å²) >= 11 is 0. The number of ether oxygens (including phenoxy) is 2. The predicted molar refractivity (Wildman–Crippen MR) is 66.2 cm³/mol. The number of esters is 1. The Kier molecular flexibility index (Phi) is 1.62. The maximum absolute atomic E-state index is 12.7. The molecule has 4 atom stereocenters. The molecule has 0 aromatic heterocycles. The smallest absolute Gasteiger partial charge is 0.324 e. The highest BCUT2D eigenvalue weighted by atomic mass is 16.6. The number of hydrogen-bond acceptors (Lipinski definition) is 4. The SMILES string of the molecule is C=C1C(=O)[C@H]2OC23C[C@@H]2C(C)=C[C@]13C(=O)OC2(C)C. The van der Waals surface area contributed by atoms with Gasteiger partial charge in [-0.05, 0) is 27.2 Å². The second kappa shape index (κ2) is 2.70. The molecule has 3 heterocycles. The molecule has 3 fully saturated rings. The molecule has 2 spiro atoms. The van der Waals surface area contributed by atoms with Crippen molar-refractivity contribution in [2.75, 3.05) is 0 Å². The maximum Gasteiger partial charge on any atom is 0.324 e. The first-order valence-corrected chi connectivity index (χ1v) is 6.60. The Morgan fingerprint density at radius 3 is 2.74 bits per heavy atom. The first-order chi connectivity index (χ1) is 8.76. The van der Waals surface area contributed by atoms with Crippen LogP contribution in [0.4, 0.5) is 0 Å². The molecule has 3 aliphatic heterocycles. The topological polar surface area (TPSA) is 55.9 Å². The van der Waals surface area contributed by atoms with Gasteiger partial charge >= 0.3 is 5.97 Å². The van der Waals surface area contributed by atoms with Crippen molar-refractivity contribution in [3.63, 3.8) is 0 Å². The Balaban J connectivity index is 2.03. The lowest BCUT2D eigenvalue weighted by atomic mass is 9.63. The molecule has 0 radical (unpaired) electrons. The highest BCUT2D eigenvalue weighted by Crippen LogP contribution is 2.70. The van der Waals surface area contributed by atoms with Crippen molar-refractivity contribution in [1.29, 1.82) is 0 Å². The largest absolute Gasteiger partial charge is 0.458 e. The van der Waals surface area contributed by atoms with Crippen LogP contribution in [0.1, 0.15) is 27.2 Å². The summed E-state index contributed by atoms with van der Waals surface area (Å²) in [6, 6.07) is 0. The second-order valence-corrected chi connectivity index (χ2v) is 6.68. The van der Waals surface area contributed by atoms with Gasteiger partial charge in [0.2, 0.25) is 0 Å². The fraction of sp³-hybridized carbons (Fsp3) is 0.600. The van der Waals surface area contributed by atoms with E-state index >= 15 is 0 Å². The minimum absolute atomic E-state index is 0.0933. The fourth-order valence-corrected chi connectivity index (χ4v) is 4.32.